The molecule has 2 unspecified atom stereocenters. The van der Waals surface area contributed by atoms with Gasteiger partial charge < -0.3 is 15.2 Å². The summed E-state index contributed by atoms with van der Waals surface area (Å²) in [4.78, 5) is 18.4. The Morgan fingerprint density at radius 2 is 2.14 bits per heavy atom. The zero-order valence-corrected chi connectivity index (χ0v) is 12.5. The lowest BCUT2D eigenvalue weighted by Crippen LogP contribution is -2.47. The number of carbonyl (C=O) groups excluding carboxylic acids is 1. The van der Waals surface area contributed by atoms with Crippen LogP contribution in [0.25, 0.3) is 10.9 Å². The highest BCUT2D eigenvalue weighted by Crippen LogP contribution is 2.41. The molecule has 4 rings (SSSR count). The number of nitrogens with one attached hydrogen (secondary N) is 2. The van der Waals surface area contributed by atoms with Gasteiger partial charge in [0.2, 0.25) is 0 Å². The number of nitrogens with zero attached hydrogens (tertiary/aromatic N) is 1. The zero-order chi connectivity index (χ0) is 14.6. The number of benzene rings is 1. The second kappa shape index (κ2) is 4.34. The SMILES string of the molecule is CC1(C)C2CNCC2CN1C(=O)c1cccc2[nH]ccc12. The van der Waals surface area contributed by atoms with Crippen LogP contribution in [0.1, 0.15) is 24.2 Å². The van der Waals surface area contributed by atoms with Gasteiger partial charge in [0.15, 0.2) is 0 Å². The monoisotopic (exact) mass is 283 g/mol. The van der Waals surface area contributed by atoms with Crippen LogP contribution in [-0.2, 0) is 0 Å². The topological polar surface area (TPSA) is 48.1 Å². The molecule has 4 nitrogen and oxygen atoms in total. The maximum absolute atomic E-state index is 13.1. The van der Waals surface area contributed by atoms with Gasteiger partial charge in [0.25, 0.3) is 5.91 Å². The van der Waals surface area contributed by atoms with Gasteiger partial charge in [-0.1, -0.05) is 6.07 Å². The smallest absolute Gasteiger partial charge is 0.255 e. The largest absolute Gasteiger partial charge is 0.361 e. The number of rotatable bonds is 1. The Bertz CT molecular complexity index is 703. The van der Waals surface area contributed by atoms with E-state index in [1.165, 1.54) is 0 Å². The van der Waals surface area contributed by atoms with E-state index in [0.29, 0.717) is 11.8 Å². The van der Waals surface area contributed by atoms with Crippen LogP contribution in [0.4, 0.5) is 0 Å². The number of H-pyrrole nitrogens is 1. The van der Waals surface area contributed by atoms with E-state index >= 15 is 0 Å². The summed E-state index contributed by atoms with van der Waals surface area (Å²) in [5.74, 6) is 1.32. The molecule has 2 fully saturated rings. The molecular weight excluding hydrogens is 262 g/mol. The predicted molar refractivity (Wildman–Crippen MR) is 83.3 cm³/mol. The molecular formula is C17H21N3O. The zero-order valence-electron chi connectivity index (χ0n) is 12.5. The first-order valence-corrected chi connectivity index (χ1v) is 7.68. The molecule has 0 spiro atoms. The minimum atomic E-state index is -0.0796. The normalized spacial score (nSPS) is 27.2. The minimum Gasteiger partial charge on any atom is -0.361 e. The Labute approximate surface area is 124 Å². The van der Waals surface area contributed by atoms with Gasteiger partial charge in [0.1, 0.15) is 0 Å². The lowest BCUT2D eigenvalue weighted by molar-refractivity contribution is 0.0605. The van der Waals surface area contributed by atoms with Crippen molar-refractivity contribution < 1.29 is 4.79 Å². The summed E-state index contributed by atoms with van der Waals surface area (Å²) < 4.78 is 0. The highest BCUT2D eigenvalue weighted by Gasteiger charge is 2.51. The van der Waals surface area contributed by atoms with Gasteiger partial charge in [-0.15, -0.1) is 0 Å². The molecule has 2 saturated heterocycles. The molecule has 2 aliphatic heterocycles. The van der Waals surface area contributed by atoms with Crippen molar-refractivity contribution in [2.24, 2.45) is 11.8 Å². The molecule has 4 heteroatoms. The van der Waals surface area contributed by atoms with Crippen molar-refractivity contribution in [3.8, 4) is 0 Å². The van der Waals surface area contributed by atoms with Crippen LogP contribution in [0, 0.1) is 11.8 Å². The number of aromatic amines is 1. The number of likely N-dealkylation sites (tertiary alicyclic amines) is 1. The van der Waals surface area contributed by atoms with Crippen LogP contribution in [0.15, 0.2) is 30.5 Å². The Kier molecular flexibility index (Phi) is 2.67. The van der Waals surface area contributed by atoms with Crippen LogP contribution < -0.4 is 5.32 Å². The van der Waals surface area contributed by atoms with E-state index in [4.69, 9.17) is 0 Å². The van der Waals surface area contributed by atoms with E-state index in [2.05, 4.69) is 29.0 Å². The fourth-order valence-electron chi connectivity index (χ4n) is 4.18. The van der Waals surface area contributed by atoms with Crippen LogP contribution in [0.2, 0.25) is 0 Å². The van der Waals surface area contributed by atoms with Gasteiger partial charge in [-0.2, -0.15) is 0 Å². The quantitative estimate of drug-likeness (QED) is 0.843. The van der Waals surface area contributed by atoms with E-state index in [9.17, 15) is 4.79 Å². The lowest BCUT2D eigenvalue weighted by atomic mass is 9.84. The van der Waals surface area contributed by atoms with Crippen molar-refractivity contribution in [2.75, 3.05) is 19.6 Å². The van der Waals surface area contributed by atoms with Crippen LogP contribution in [-0.4, -0.2) is 41.0 Å². The number of carbonyl (C=O) groups is 1. The van der Waals surface area contributed by atoms with Gasteiger partial charge >= 0.3 is 0 Å². The second-order valence-corrected chi connectivity index (χ2v) is 6.84. The summed E-state index contributed by atoms with van der Waals surface area (Å²) in [7, 11) is 0. The molecule has 1 amide bonds. The molecule has 0 saturated carbocycles. The van der Waals surface area contributed by atoms with Gasteiger partial charge in [0, 0.05) is 47.8 Å². The Balaban J connectivity index is 1.74. The average molecular weight is 283 g/mol. The molecule has 2 atom stereocenters. The molecule has 3 heterocycles. The highest BCUT2D eigenvalue weighted by molar-refractivity contribution is 6.06. The molecule has 0 radical (unpaired) electrons. The maximum atomic E-state index is 13.1. The summed E-state index contributed by atoms with van der Waals surface area (Å²) in [5, 5.41) is 4.48. The number of hydrogen-bond donors (Lipinski definition) is 2. The summed E-state index contributed by atoms with van der Waals surface area (Å²) >= 11 is 0. The molecule has 21 heavy (non-hydrogen) atoms. The number of fused-ring (bicyclic) bond motifs is 2. The molecule has 2 aromatic rings. The maximum Gasteiger partial charge on any atom is 0.255 e. The van der Waals surface area contributed by atoms with Gasteiger partial charge in [-0.25, -0.2) is 0 Å². The minimum absolute atomic E-state index is 0.0796. The van der Waals surface area contributed by atoms with E-state index in [1.54, 1.807) is 0 Å². The summed E-state index contributed by atoms with van der Waals surface area (Å²) in [5.41, 5.74) is 1.76. The van der Waals surface area contributed by atoms with Gasteiger partial charge in [0.05, 0.1) is 0 Å². The van der Waals surface area contributed by atoms with Crippen molar-refractivity contribution in [3.05, 3.63) is 36.0 Å². The number of hydrogen-bond acceptors (Lipinski definition) is 2. The van der Waals surface area contributed by atoms with Crippen LogP contribution >= 0.6 is 0 Å². The fraction of sp³-hybridized carbons (Fsp3) is 0.471. The Morgan fingerprint density at radius 1 is 1.29 bits per heavy atom. The molecule has 1 aromatic carbocycles. The highest BCUT2D eigenvalue weighted by atomic mass is 16.2. The first-order chi connectivity index (χ1) is 10.1. The summed E-state index contributed by atoms with van der Waals surface area (Å²) in [6, 6.07) is 7.91. The van der Waals surface area contributed by atoms with Gasteiger partial charge in [-0.05, 0) is 43.9 Å². The van der Waals surface area contributed by atoms with E-state index in [1.807, 2.05) is 30.5 Å². The molecule has 110 valence electrons. The predicted octanol–water partition coefficient (Wildman–Crippen LogP) is 2.24. The first-order valence-electron chi connectivity index (χ1n) is 7.68. The number of amides is 1. The average Bonchev–Trinajstić information content (AvgIpc) is 3.15. The van der Waals surface area contributed by atoms with Crippen molar-refractivity contribution in [2.45, 2.75) is 19.4 Å². The van der Waals surface area contributed by atoms with Gasteiger partial charge in [-0.3, -0.25) is 4.79 Å². The molecule has 0 bridgehead atoms. The molecule has 0 aliphatic carbocycles. The third-order valence-electron chi connectivity index (χ3n) is 5.43. The first kappa shape index (κ1) is 12.9. The van der Waals surface area contributed by atoms with Crippen molar-refractivity contribution in [3.63, 3.8) is 0 Å². The van der Waals surface area contributed by atoms with Crippen molar-refractivity contribution >= 4 is 16.8 Å². The van der Waals surface area contributed by atoms with Crippen LogP contribution in [0.3, 0.4) is 0 Å². The molecule has 2 aliphatic rings. The summed E-state index contributed by atoms with van der Waals surface area (Å²) in [6.45, 7) is 7.34. The van der Waals surface area contributed by atoms with E-state index in [0.717, 1.165) is 36.1 Å². The second-order valence-electron chi connectivity index (χ2n) is 6.84. The van der Waals surface area contributed by atoms with E-state index in [-0.39, 0.29) is 11.4 Å². The molecule has 1 aromatic heterocycles. The third kappa shape index (κ3) is 1.75. The van der Waals surface area contributed by atoms with Crippen molar-refractivity contribution in [1.82, 2.24) is 15.2 Å². The Morgan fingerprint density at radius 3 is 2.95 bits per heavy atom. The Hall–Kier alpha value is -1.81. The number of aromatic nitrogens is 1. The standard InChI is InChI=1S/C17H21N3O/c1-17(2)14-9-18-8-11(14)10-20(17)16(21)13-4-3-5-15-12(13)6-7-19-15/h3-7,11,14,18-19H,8-10H2,1-2H3. The van der Waals surface area contributed by atoms with Crippen LogP contribution in [0.5, 0.6) is 0 Å². The third-order valence-corrected chi connectivity index (χ3v) is 5.43. The lowest BCUT2D eigenvalue weighted by Gasteiger charge is -2.35. The van der Waals surface area contributed by atoms with E-state index < -0.39 is 0 Å². The summed E-state index contributed by atoms with van der Waals surface area (Å²) in [6.07, 6.45) is 1.90. The molecule has 2 N–H and O–H groups in total. The van der Waals surface area contributed by atoms with Crippen molar-refractivity contribution in [1.29, 1.82) is 0 Å². The fourth-order valence-corrected chi connectivity index (χ4v) is 4.18.